The quantitative estimate of drug-likeness (QED) is 0.924. The lowest BCUT2D eigenvalue weighted by Crippen LogP contribution is -2.19. The zero-order valence-corrected chi connectivity index (χ0v) is 11.1. The fourth-order valence-electron chi connectivity index (χ4n) is 1.76. The second-order valence-electron chi connectivity index (χ2n) is 4.37. The van der Waals surface area contributed by atoms with Crippen LogP contribution < -0.4 is 10.1 Å². The third kappa shape index (κ3) is 4.24. The van der Waals surface area contributed by atoms with Crippen molar-refractivity contribution in [3.63, 3.8) is 0 Å². The van der Waals surface area contributed by atoms with Crippen molar-refractivity contribution < 1.29 is 22.7 Å². The van der Waals surface area contributed by atoms with Gasteiger partial charge in [-0.2, -0.15) is 0 Å². The number of nitrogens with one attached hydrogen (secondary N) is 1. The predicted octanol–water partition coefficient (Wildman–Crippen LogP) is 4.15. The van der Waals surface area contributed by atoms with Crippen molar-refractivity contribution in [2.24, 2.45) is 0 Å². The van der Waals surface area contributed by atoms with E-state index < -0.39 is 18.0 Å². The van der Waals surface area contributed by atoms with Gasteiger partial charge < -0.3 is 10.1 Å². The molecule has 1 amide bonds. The Morgan fingerprint density at radius 3 is 2.48 bits per heavy atom. The molecule has 0 spiro atoms. The van der Waals surface area contributed by atoms with Crippen molar-refractivity contribution >= 4 is 11.6 Å². The van der Waals surface area contributed by atoms with Crippen LogP contribution in [0.3, 0.4) is 0 Å². The van der Waals surface area contributed by atoms with Crippen LogP contribution in [0.1, 0.15) is 15.9 Å². The van der Waals surface area contributed by atoms with Crippen molar-refractivity contribution in [2.75, 3.05) is 5.32 Å². The Balaban J connectivity index is 2.22. The lowest BCUT2D eigenvalue weighted by molar-refractivity contribution is -0.274. The SMILES string of the molecule is Cc1cccc(C(=O)Nc2ccccc2OC(F)(F)F)c1. The highest BCUT2D eigenvalue weighted by Gasteiger charge is 2.32. The summed E-state index contributed by atoms with van der Waals surface area (Å²) in [5.74, 6) is -0.956. The summed E-state index contributed by atoms with van der Waals surface area (Å²) in [6, 6.07) is 12.1. The van der Waals surface area contributed by atoms with Gasteiger partial charge in [0, 0.05) is 5.56 Å². The van der Waals surface area contributed by atoms with E-state index in [1.54, 1.807) is 18.2 Å². The van der Waals surface area contributed by atoms with Gasteiger partial charge in [-0.05, 0) is 31.2 Å². The highest BCUT2D eigenvalue weighted by molar-refractivity contribution is 6.05. The molecule has 0 aliphatic rings. The van der Waals surface area contributed by atoms with Crippen LogP contribution in [0.5, 0.6) is 5.75 Å². The van der Waals surface area contributed by atoms with Crippen molar-refractivity contribution in [1.29, 1.82) is 0 Å². The van der Waals surface area contributed by atoms with Gasteiger partial charge in [-0.1, -0.05) is 29.8 Å². The monoisotopic (exact) mass is 295 g/mol. The van der Waals surface area contributed by atoms with Crippen LogP contribution in [0.25, 0.3) is 0 Å². The number of anilines is 1. The fourth-order valence-corrected chi connectivity index (χ4v) is 1.76. The average Bonchev–Trinajstić information content (AvgIpc) is 2.39. The Hall–Kier alpha value is -2.50. The molecule has 0 bridgehead atoms. The standard InChI is InChI=1S/C15H12F3NO2/c1-10-5-4-6-11(9-10)14(20)19-12-7-2-3-8-13(12)21-15(16,17)18/h2-9H,1H3,(H,19,20). The number of ether oxygens (including phenoxy) is 1. The normalized spacial score (nSPS) is 11.0. The number of para-hydroxylation sites is 2. The zero-order chi connectivity index (χ0) is 15.5. The van der Waals surface area contributed by atoms with Crippen molar-refractivity contribution in [3.8, 4) is 5.75 Å². The largest absolute Gasteiger partial charge is 0.573 e. The summed E-state index contributed by atoms with van der Waals surface area (Å²) in [5.41, 5.74) is 1.20. The van der Waals surface area contributed by atoms with Crippen LogP contribution in [-0.4, -0.2) is 12.3 Å². The van der Waals surface area contributed by atoms with E-state index in [1.807, 2.05) is 13.0 Å². The molecule has 0 unspecified atom stereocenters. The van der Waals surface area contributed by atoms with Crippen molar-refractivity contribution in [1.82, 2.24) is 0 Å². The van der Waals surface area contributed by atoms with Gasteiger partial charge in [-0.15, -0.1) is 13.2 Å². The third-order valence-corrected chi connectivity index (χ3v) is 2.64. The maximum absolute atomic E-state index is 12.3. The molecule has 0 radical (unpaired) electrons. The van der Waals surface area contributed by atoms with Gasteiger partial charge in [0.2, 0.25) is 0 Å². The highest BCUT2D eigenvalue weighted by atomic mass is 19.4. The molecule has 6 heteroatoms. The van der Waals surface area contributed by atoms with Crippen LogP contribution in [0.15, 0.2) is 48.5 Å². The van der Waals surface area contributed by atoms with Gasteiger partial charge in [0.05, 0.1) is 5.69 Å². The number of benzene rings is 2. The number of rotatable bonds is 3. The number of hydrogen-bond acceptors (Lipinski definition) is 2. The summed E-state index contributed by atoms with van der Waals surface area (Å²) in [5, 5.41) is 2.41. The first-order chi connectivity index (χ1) is 9.85. The molecule has 2 aromatic carbocycles. The Morgan fingerprint density at radius 2 is 1.81 bits per heavy atom. The molecular weight excluding hydrogens is 283 g/mol. The van der Waals surface area contributed by atoms with Crippen LogP contribution in [0, 0.1) is 6.92 Å². The topological polar surface area (TPSA) is 38.3 Å². The van der Waals surface area contributed by atoms with Gasteiger partial charge in [0.1, 0.15) is 0 Å². The summed E-state index contributed by atoms with van der Waals surface area (Å²) in [7, 11) is 0. The lowest BCUT2D eigenvalue weighted by Gasteiger charge is -2.13. The maximum atomic E-state index is 12.3. The van der Waals surface area contributed by atoms with Crippen molar-refractivity contribution in [2.45, 2.75) is 13.3 Å². The molecule has 1 N–H and O–H groups in total. The minimum atomic E-state index is -4.82. The molecule has 0 heterocycles. The minimum Gasteiger partial charge on any atom is -0.404 e. The molecule has 0 saturated carbocycles. The van der Waals surface area contributed by atoms with Gasteiger partial charge in [-0.25, -0.2) is 0 Å². The fraction of sp³-hybridized carbons (Fsp3) is 0.133. The Morgan fingerprint density at radius 1 is 1.10 bits per heavy atom. The molecule has 110 valence electrons. The second-order valence-corrected chi connectivity index (χ2v) is 4.37. The number of carbonyl (C=O) groups excluding carboxylic acids is 1. The maximum Gasteiger partial charge on any atom is 0.573 e. The molecule has 0 aliphatic carbocycles. The molecule has 0 fully saturated rings. The summed E-state index contributed by atoms with van der Waals surface area (Å²) in [4.78, 5) is 12.0. The van der Waals surface area contributed by atoms with E-state index >= 15 is 0 Å². The molecule has 21 heavy (non-hydrogen) atoms. The third-order valence-electron chi connectivity index (χ3n) is 2.64. The molecule has 0 atom stereocenters. The van der Waals surface area contributed by atoms with Gasteiger partial charge in [-0.3, -0.25) is 4.79 Å². The summed E-state index contributed by atoms with van der Waals surface area (Å²) < 4.78 is 40.8. The van der Waals surface area contributed by atoms with Gasteiger partial charge in [0.25, 0.3) is 5.91 Å². The number of alkyl halides is 3. The molecule has 2 rings (SSSR count). The number of carbonyl (C=O) groups is 1. The molecule has 0 aliphatic heterocycles. The van der Waals surface area contributed by atoms with E-state index in [1.165, 1.54) is 18.2 Å². The molecule has 0 saturated heterocycles. The first-order valence-electron chi connectivity index (χ1n) is 6.08. The van der Waals surface area contributed by atoms with E-state index in [0.29, 0.717) is 5.56 Å². The van der Waals surface area contributed by atoms with Crippen LogP contribution in [0.2, 0.25) is 0 Å². The molecule has 0 aromatic heterocycles. The lowest BCUT2D eigenvalue weighted by atomic mass is 10.1. The first kappa shape index (κ1) is 14.9. The second kappa shape index (κ2) is 5.87. The number of amides is 1. The zero-order valence-electron chi connectivity index (χ0n) is 11.1. The number of aryl methyl sites for hydroxylation is 1. The predicted molar refractivity (Wildman–Crippen MR) is 72.3 cm³/mol. The van der Waals surface area contributed by atoms with Crippen LogP contribution >= 0.6 is 0 Å². The summed E-state index contributed by atoms with van der Waals surface area (Å²) in [6.45, 7) is 1.82. The molecular formula is C15H12F3NO2. The summed E-state index contributed by atoms with van der Waals surface area (Å²) >= 11 is 0. The average molecular weight is 295 g/mol. The Bertz CT molecular complexity index is 653. The molecule has 3 nitrogen and oxygen atoms in total. The molecule has 2 aromatic rings. The van der Waals surface area contributed by atoms with Crippen LogP contribution in [0.4, 0.5) is 18.9 Å². The van der Waals surface area contributed by atoms with E-state index in [9.17, 15) is 18.0 Å². The number of halogens is 3. The Kier molecular flexibility index (Phi) is 4.16. The van der Waals surface area contributed by atoms with Crippen molar-refractivity contribution in [3.05, 3.63) is 59.7 Å². The van der Waals surface area contributed by atoms with E-state index in [2.05, 4.69) is 10.1 Å². The summed E-state index contributed by atoms with van der Waals surface area (Å²) in [6.07, 6.45) is -4.82. The smallest absolute Gasteiger partial charge is 0.404 e. The highest BCUT2D eigenvalue weighted by Crippen LogP contribution is 2.30. The Labute approximate surface area is 119 Å². The first-order valence-corrected chi connectivity index (χ1v) is 6.08. The van der Waals surface area contributed by atoms with E-state index in [-0.39, 0.29) is 5.69 Å². The number of hydrogen-bond donors (Lipinski definition) is 1. The van der Waals surface area contributed by atoms with Gasteiger partial charge >= 0.3 is 6.36 Å². The van der Waals surface area contributed by atoms with E-state index in [4.69, 9.17) is 0 Å². The van der Waals surface area contributed by atoms with E-state index in [0.717, 1.165) is 11.6 Å². The van der Waals surface area contributed by atoms with Crippen LogP contribution in [-0.2, 0) is 0 Å². The minimum absolute atomic E-state index is 0.0404. The van der Waals surface area contributed by atoms with Gasteiger partial charge in [0.15, 0.2) is 5.75 Å².